The number of hydrogen-bond donors (Lipinski definition) is 0. The van der Waals surface area contributed by atoms with Crippen LogP contribution in [0.1, 0.15) is 13.3 Å². The Hall–Kier alpha value is 0.964. The van der Waals surface area contributed by atoms with Crippen LogP contribution in [0.5, 0.6) is 0 Å². The van der Waals surface area contributed by atoms with E-state index in [0.717, 1.165) is 16.7 Å². The highest BCUT2D eigenvalue weighted by atomic mass is 28.5. The topological polar surface area (TPSA) is 27.7 Å². The Balaban J connectivity index is 5.63. The Morgan fingerprint density at radius 1 is 0.700 bits per heavy atom. The van der Waals surface area contributed by atoms with Crippen LogP contribution < -0.4 is 0 Å². The van der Waals surface area contributed by atoms with E-state index in [1.165, 1.54) is 0 Å². The molecule has 0 saturated heterocycles. The van der Waals surface area contributed by atoms with Gasteiger partial charge in [0, 0.05) is 15.4 Å². The zero-order chi connectivity index (χ0) is 16.4. The maximum absolute atomic E-state index is 6.67. The largest absolute Gasteiger partial charge is 0.469 e. The minimum Gasteiger partial charge on any atom is -0.417 e. The quantitative estimate of drug-likeness (QED) is 0.613. The van der Waals surface area contributed by atoms with Gasteiger partial charge in [0.05, 0.1) is 0 Å². The highest BCUT2D eigenvalue weighted by molar-refractivity contribution is 6.92. The second-order valence-electron chi connectivity index (χ2n) is 8.56. The van der Waals surface area contributed by atoms with Crippen LogP contribution in [0.2, 0.25) is 64.1 Å². The lowest BCUT2D eigenvalue weighted by atomic mass is 10.6. The molecule has 0 spiro atoms. The lowest BCUT2D eigenvalue weighted by Gasteiger charge is -2.45. The van der Waals surface area contributed by atoms with Crippen LogP contribution in [-0.2, 0) is 12.3 Å². The Bertz CT molecular complexity index is 263. The standard InChI is InChI=1S/C12H36O3Si5/c1-11-12(16)20(13-17(2,3)4,14-18(5,6)7)15-19(8,9)10/h12H,11H2,1-10,16H3. The molecule has 0 radical (unpaired) electrons. The van der Waals surface area contributed by atoms with Crippen molar-refractivity contribution in [2.75, 3.05) is 0 Å². The normalized spacial score (nSPS) is 16.5. The first kappa shape index (κ1) is 21.0. The SMILES string of the molecule is CCC([SiH3])[Si](O[Si](C)(C)C)(O[Si](C)(C)C)O[Si](C)(C)C. The summed E-state index contributed by atoms with van der Waals surface area (Å²) in [5.41, 5.74) is 0. The van der Waals surface area contributed by atoms with E-state index in [4.69, 9.17) is 12.3 Å². The highest BCUT2D eigenvalue weighted by Crippen LogP contribution is 2.34. The van der Waals surface area contributed by atoms with E-state index in [-0.39, 0.29) is 0 Å². The molecule has 1 atom stereocenters. The van der Waals surface area contributed by atoms with Gasteiger partial charge < -0.3 is 12.3 Å². The number of rotatable bonds is 8. The Morgan fingerprint density at radius 3 is 1.10 bits per heavy atom. The van der Waals surface area contributed by atoms with Gasteiger partial charge in [-0.3, -0.25) is 0 Å². The molecule has 122 valence electrons. The van der Waals surface area contributed by atoms with Crippen molar-refractivity contribution in [1.29, 1.82) is 0 Å². The molecule has 0 fully saturated rings. The summed E-state index contributed by atoms with van der Waals surface area (Å²) in [5, 5.41) is 0.507. The third-order valence-corrected chi connectivity index (χ3v) is 17.9. The van der Waals surface area contributed by atoms with Crippen LogP contribution in [0.25, 0.3) is 0 Å². The third-order valence-electron chi connectivity index (χ3n) is 2.56. The Labute approximate surface area is 134 Å². The molecule has 0 amide bonds. The fourth-order valence-corrected chi connectivity index (χ4v) is 19.9. The van der Waals surface area contributed by atoms with Crippen molar-refractivity contribution >= 4 is 44.0 Å². The van der Waals surface area contributed by atoms with Crippen molar-refractivity contribution in [2.45, 2.75) is 77.4 Å². The van der Waals surface area contributed by atoms with Gasteiger partial charge in [-0.25, -0.2) is 0 Å². The molecular weight excluding hydrogens is 333 g/mol. The zero-order valence-corrected chi connectivity index (χ0v) is 21.5. The minimum absolute atomic E-state index is 0.507. The summed E-state index contributed by atoms with van der Waals surface area (Å²) in [5.74, 6) is 0. The molecule has 0 N–H and O–H groups in total. The van der Waals surface area contributed by atoms with Gasteiger partial charge in [0.25, 0.3) is 0 Å². The lowest BCUT2D eigenvalue weighted by Crippen LogP contribution is -2.63. The van der Waals surface area contributed by atoms with Crippen LogP contribution in [0.15, 0.2) is 0 Å². The van der Waals surface area contributed by atoms with Crippen molar-refractivity contribution < 1.29 is 12.3 Å². The van der Waals surface area contributed by atoms with Crippen LogP contribution in [0, 0.1) is 0 Å². The van der Waals surface area contributed by atoms with Crippen LogP contribution >= 0.6 is 0 Å². The Morgan fingerprint density at radius 2 is 0.950 bits per heavy atom. The average Bonchev–Trinajstić information content (AvgIpc) is 2.07. The van der Waals surface area contributed by atoms with E-state index < -0.39 is 33.8 Å². The minimum atomic E-state index is -2.56. The molecule has 0 heterocycles. The third kappa shape index (κ3) is 8.42. The van der Waals surface area contributed by atoms with Crippen molar-refractivity contribution in [3.8, 4) is 0 Å². The van der Waals surface area contributed by atoms with E-state index in [1.807, 2.05) is 0 Å². The molecule has 8 heteroatoms. The van der Waals surface area contributed by atoms with Crippen LogP contribution in [0.3, 0.4) is 0 Å². The molecule has 0 aromatic heterocycles. The van der Waals surface area contributed by atoms with Crippen molar-refractivity contribution in [3.05, 3.63) is 0 Å². The van der Waals surface area contributed by atoms with Crippen molar-refractivity contribution in [2.24, 2.45) is 0 Å². The summed E-state index contributed by atoms with van der Waals surface area (Å²) >= 11 is 0. The van der Waals surface area contributed by atoms with Gasteiger partial charge >= 0.3 is 8.80 Å². The van der Waals surface area contributed by atoms with Gasteiger partial charge in [-0.2, -0.15) is 0 Å². The van der Waals surface area contributed by atoms with Crippen LogP contribution in [0.4, 0.5) is 0 Å². The van der Waals surface area contributed by atoms with Gasteiger partial charge in [0.15, 0.2) is 25.0 Å². The fourth-order valence-electron chi connectivity index (χ4n) is 1.89. The molecule has 0 aromatic carbocycles. The van der Waals surface area contributed by atoms with Gasteiger partial charge in [-0.05, 0) is 58.9 Å². The van der Waals surface area contributed by atoms with Crippen molar-refractivity contribution in [3.63, 3.8) is 0 Å². The van der Waals surface area contributed by atoms with Crippen molar-refractivity contribution in [1.82, 2.24) is 0 Å². The van der Waals surface area contributed by atoms with E-state index in [0.29, 0.717) is 5.16 Å². The van der Waals surface area contributed by atoms with Gasteiger partial charge in [-0.15, -0.1) is 0 Å². The summed E-state index contributed by atoms with van der Waals surface area (Å²) in [6.07, 6.45) is 1.11. The molecule has 3 nitrogen and oxygen atoms in total. The van der Waals surface area contributed by atoms with E-state index in [1.54, 1.807) is 0 Å². The molecule has 1 unspecified atom stereocenters. The summed E-state index contributed by atoms with van der Waals surface area (Å²) in [6.45, 7) is 22.5. The summed E-state index contributed by atoms with van der Waals surface area (Å²) in [4.78, 5) is 0. The molecule has 0 aliphatic heterocycles. The molecule has 0 saturated carbocycles. The smallest absolute Gasteiger partial charge is 0.417 e. The van der Waals surface area contributed by atoms with E-state index in [9.17, 15) is 0 Å². The van der Waals surface area contributed by atoms with Crippen LogP contribution in [-0.4, -0.2) is 44.0 Å². The first-order chi connectivity index (χ1) is 8.60. The zero-order valence-electron chi connectivity index (χ0n) is 15.5. The predicted octanol–water partition coefficient (Wildman–Crippen LogP) is 3.58. The Kier molecular flexibility index (Phi) is 7.37. The average molecular weight is 369 g/mol. The molecule has 0 rings (SSSR count). The second kappa shape index (κ2) is 7.03. The predicted molar refractivity (Wildman–Crippen MR) is 103 cm³/mol. The van der Waals surface area contributed by atoms with E-state index in [2.05, 4.69) is 65.8 Å². The summed E-state index contributed by atoms with van der Waals surface area (Å²) < 4.78 is 20.0. The molecule has 0 aromatic rings. The molecular formula is C12H36O3Si5. The second-order valence-corrected chi connectivity index (χ2v) is 28.4. The molecule has 0 aliphatic rings. The van der Waals surface area contributed by atoms with Gasteiger partial charge in [0.1, 0.15) is 0 Å². The highest BCUT2D eigenvalue weighted by Gasteiger charge is 2.53. The summed E-state index contributed by atoms with van der Waals surface area (Å²) in [6, 6.07) is 0. The molecule has 0 aliphatic carbocycles. The fraction of sp³-hybridized carbons (Fsp3) is 1.00. The van der Waals surface area contributed by atoms with Gasteiger partial charge in [-0.1, -0.05) is 13.3 Å². The van der Waals surface area contributed by atoms with Gasteiger partial charge in [0.2, 0.25) is 0 Å². The number of hydrogen-bond acceptors (Lipinski definition) is 3. The summed E-state index contributed by atoms with van der Waals surface area (Å²) in [7, 11) is -6.56. The first-order valence-electron chi connectivity index (χ1n) is 7.71. The molecule has 20 heavy (non-hydrogen) atoms. The maximum atomic E-state index is 6.67. The van der Waals surface area contributed by atoms with E-state index >= 15 is 0 Å². The molecule has 0 bridgehead atoms. The monoisotopic (exact) mass is 368 g/mol. The first-order valence-corrected chi connectivity index (χ1v) is 20.9. The maximum Gasteiger partial charge on any atom is 0.469 e. The lowest BCUT2D eigenvalue weighted by molar-refractivity contribution is 0.246.